The minimum Gasteiger partial charge on any atom is -0.356 e. The second-order valence-electron chi connectivity index (χ2n) is 9.61. The molecule has 2 aromatic rings. The van der Waals surface area contributed by atoms with Crippen LogP contribution in [0.5, 0.6) is 0 Å². The zero-order valence-corrected chi connectivity index (χ0v) is 20.0. The van der Waals surface area contributed by atoms with Gasteiger partial charge in [0.15, 0.2) is 11.5 Å². The Hall–Kier alpha value is -2.78. The third-order valence-electron chi connectivity index (χ3n) is 7.44. The molecule has 186 valence electrons. The Kier molecular flexibility index (Phi) is 6.52. The van der Waals surface area contributed by atoms with Crippen molar-refractivity contribution in [1.82, 2.24) is 14.5 Å². The fraction of sp³-hybridized carbons (Fsp3) is 0.625. The van der Waals surface area contributed by atoms with Crippen molar-refractivity contribution >= 4 is 17.2 Å². The molecule has 0 aromatic carbocycles. The molecule has 4 rings (SSSR count). The summed E-state index contributed by atoms with van der Waals surface area (Å²) in [5, 5.41) is 6.62. The minimum atomic E-state index is -4.23. The average Bonchev–Trinajstić information content (AvgIpc) is 3.26. The van der Waals surface area contributed by atoms with E-state index in [-0.39, 0.29) is 42.2 Å². The number of halogens is 3. The summed E-state index contributed by atoms with van der Waals surface area (Å²) in [7, 11) is 1.81. The van der Waals surface area contributed by atoms with E-state index >= 15 is 0 Å². The maximum Gasteiger partial charge on any atom is 0.392 e. The second-order valence-corrected chi connectivity index (χ2v) is 9.61. The molecule has 2 aliphatic carbocycles. The van der Waals surface area contributed by atoms with Gasteiger partial charge >= 0.3 is 6.18 Å². The Morgan fingerprint density at radius 1 is 1.12 bits per heavy atom. The quantitative estimate of drug-likeness (QED) is 0.610. The molecule has 1 atom stereocenters. The molecule has 2 aliphatic rings. The highest BCUT2D eigenvalue weighted by molar-refractivity contribution is 6.04. The topological polar surface area (TPSA) is 82.1 Å². The Labute approximate surface area is 196 Å². The van der Waals surface area contributed by atoms with Crippen LogP contribution in [0, 0.1) is 19.8 Å². The minimum absolute atomic E-state index is 0.0260. The van der Waals surface area contributed by atoms with Crippen molar-refractivity contribution in [3.8, 4) is 0 Å². The van der Waals surface area contributed by atoms with Crippen molar-refractivity contribution in [2.45, 2.75) is 84.4 Å². The Balaban J connectivity index is 1.58. The summed E-state index contributed by atoms with van der Waals surface area (Å²) in [6.07, 6.45) is 1.03. The third-order valence-corrected chi connectivity index (χ3v) is 7.44. The number of alkyl halides is 3. The van der Waals surface area contributed by atoms with E-state index in [1.165, 1.54) is 6.42 Å². The summed E-state index contributed by atoms with van der Waals surface area (Å²) >= 11 is 0. The molecule has 0 bridgehead atoms. The van der Waals surface area contributed by atoms with Crippen molar-refractivity contribution in [2.75, 3.05) is 5.32 Å². The smallest absolute Gasteiger partial charge is 0.356 e. The maximum atomic E-state index is 13.2. The lowest BCUT2D eigenvalue weighted by Gasteiger charge is -2.26. The number of hydrogen-bond donors (Lipinski definition) is 1. The molecule has 7 nitrogen and oxygen atoms in total. The van der Waals surface area contributed by atoms with E-state index in [0.29, 0.717) is 28.2 Å². The van der Waals surface area contributed by atoms with Gasteiger partial charge < -0.3 is 9.84 Å². The molecule has 1 fully saturated rings. The third kappa shape index (κ3) is 4.34. The molecule has 0 aliphatic heterocycles. The molecule has 0 saturated heterocycles. The lowest BCUT2D eigenvalue weighted by Crippen LogP contribution is -2.29. The highest BCUT2D eigenvalue weighted by Crippen LogP contribution is 2.43. The van der Waals surface area contributed by atoms with E-state index in [1.807, 2.05) is 7.05 Å². The molecule has 1 N–H and O–H groups in total. The van der Waals surface area contributed by atoms with Gasteiger partial charge in [-0.05, 0) is 58.4 Å². The first-order valence-corrected chi connectivity index (χ1v) is 11.8. The lowest BCUT2D eigenvalue weighted by molar-refractivity contribution is -0.176. The molecule has 10 heteroatoms. The number of aromatic nitrogens is 3. The molecule has 2 aromatic heterocycles. The molecule has 1 unspecified atom stereocenters. The van der Waals surface area contributed by atoms with Crippen LogP contribution in [0.3, 0.4) is 0 Å². The lowest BCUT2D eigenvalue weighted by atomic mass is 9.82. The molecular weight excluding hydrogens is 449 g/mol. The number of rotatable bonds is 4. The summed E-state index contributed by atoms with van der Waals surface area (Å²) in [4.78, 5) is 26.2. The molecule has 0 spiro atoms. The molecule has 2 heterocycles. The number of allylic oxidation sites excluding steroid dienone is 2. The number of anilines is 1. The highest BCUT2D eigenvalue weighted by atomic mass is 19.4. The number of carbonyl (C=O) groups excluding carboxylic acids is 1. The van der Waals surface area contributed by atoms with E-state index in [2.05, 4.69) is 10.5 Å². The fourth-order valence-corrected chi connectivity index (χ4v) is 5.32. The number of amides is 1. The van der Waals surface area contributed by atoms with Crippen LogP contribution in [0.2, 0.25) is 0 Å². The summed E-state index contributed by atoms with van der Waals surface area (Å²) in [6, 6.07) is 0.109. The van der Waals surface area contributed by atoms with Gasteiger partial charge in [0.2, 0.25) is 0 Å². The Morgan fingerprint density at radius 3 is 2.41 bits per heavy atom. The molecular formula is C24H31F3N4O3. The van der Waals surface area contributed by atoms with E-state index in [4.69, 9.17) is 4.52 Å². The van der Waals surface area contributed by atoms with Gasteiger partial charge in [-0.3, -0.25) is 14.3 Å². The standard InChI is InChI=1S/C24H31F3N4O3/c1-13-12-16(24(25,26)27)10-11-18(13)21-14(2)19(29-34-21)22(32)28-20-15(3)30(4)31(23(20)33)17-8-6-5-7-9-17/h16-17H,5-12H2,1-4H3,(H,28,32). The van der Waals surface area contributed by atoms with Crippen LogP contribution < -0.4 is 10.9 Å². The van der Waals surface area contributed by atoms with Gasteiger partial charge in [-0.15, -0.1) is 0 Å². The maximum absolute atomic E-state index is 13.2. The summed E-state index contributed by atoms with van der Waals surface area (Å²) in [5.41, 5.74) is 2.36. The molecule has 0 radical (unpaired) electrons. The first kappa shape index (κ1) is 24.3. The number of nitrogens with zero attached hydrogens (tertiary/aromatic N) is 3. The normalized spacial score (nSPS) is 20.1. The zero-order chi connectivity index (χ0) is 24.8. The van der Waals surface area contributed by atoms with E-state index < -0.39 is 18.0 Å². The first-order chi connectivity index (χ1) is 16.0. The van der Waals surface area contributed by atoms with E-state index in [9.17, 15) is 22.8 Å². The van der Waals surface area contributed by atoms with Crippen LogP contribution in [0.1, 0.15) is 91.8 Å². The van der Waals surface area contributed by atoms with Gasteiger partial charge in [-0.1, -0.05) is 30.0 Å². The highest BCUT2D eigenvalue weighted by Gasteiger charge is 2.41. The van der Waals surface area contributed by atoms with Gasteiger partial charge in [0, 0.05) is 12.6 Å². The van der Waals surface area contributed by atoms with Gasteiger partial charge in [0.25, 0.3) is 11.5 Å². The molecule has 34 heavy (non-hydrogen) atoms. The van der Waals surface area contributed by atoms with Gasteiger partial charge in [0.05, 0.1) is 17.7 Å². The van der Waals surface area contributed by atoms with Gasteiger partial charge in [-0.25, -0.2) is 4.68 Å². The predicted octanol–water partition coefficient (Wildman–Crippen LogP) is 5.69. The first-order valence-electron chi connectivity index (χ1n) is 11.8. The van der Waals surface area contributed by atoms with Crippen molar-refractivity contribution in [3.63, 3.8) is 0 Å². The SMILES string of the molecule is CC1=C(c2onc(C(=O)Nc3c(C)n(C)n(C4CCCCC4)c3=O)c2C)CCC(C(F)(F)F)C1. The Morgan fingerprint density at radius 2 is 1.79 bits per heavy atom. The molecule has 1 amide bonds. The monoisotopic (exact) mass is 480 g/mol. The van der Waals surface area contributed by atoms with Crippen LogP contribution in [0.25, 0.3) is 5.57 Å². The number of nitrogens with one attached hydrogen (secondary N) is 1. The molecule has 1 saturated carbocycles. The summed E-state index contributed by atoms with van der Waals surface area (Å²) in [5.74, 6) is -1.60. The number of carbonyl (C=O) groups is 1. The number of hydrogen-bond acceptors (Lipinski definition) is 4. The van der Waals surface area contributed by atoms with Crippen LogP contribution in [-0.2, 0) is 7.05 Å². The zero-order valence-electron chi connectivity index (χ0n) is 20.0. The van der Waals surface area contributed by atoms with Crippen molar-refractivity contribution in [1.29, 1.82) is 0 Å². The van der Waals surface area contributed by atoms with Crippen molar-refractivity contribution in [2.24, 2.45) is 13.0 Å². The fourth-order valence-electron chi connectivity index (χ4n) is 5.32. The van der Waals surface area contributed by atoms with E-state index in [1.54, 1.807) is 30.1 Å². The summed E-state index contributed by atoms with van der Waals surface area (Å²) < 4.78 is 48.3. The predicted molar refractivity (Wildman–Crippen MR) is 122 cm³/mol. The van der Waals surface area contributed by atoms with Crippen LogP contribution >= 0.6 is 0 Å². The second kappa shape index (κ2) is 9.11. The Bertz CT molecular complexity index is 1180. The van der Waals surface area contributed by atoms with E-state index in [0.717, 1.165) is 25.7 Å². The summed E-state index contributed by atoms with van der Waals surface area (Å²) in [6.45, 7) is 5.11. The van der Waals surface area contributed by atoms with Crippen molar-refractivity contribution < 1.29 is 22.5 Å². The van der Waals surface area contributed by atoms with Crippen LogP contribution in [0.15, 0.2) is 14.9 Å². The van der Waals surface area contributed by atoms with Gasteiger partial charge in [0.1, 0.15) is 5.69 Å². The van der Waals surface area contributed by atoms with Gasteiger partial charge in [-0.2, -0.15) is 13.2 Å². The van der Waals surface area contributed by atoms with Crippen LogP contribution in [-0.4, -0.2) is 26.6 Å². The van der Waals surface area contributed by atoms with Crippen molar-refractivity contribution in [3.05, 3.63) is 38.6 Å². The average molecular weight is 481 g/mol. The van der Waals surface area contributed by atoms with Crippen LogP contribution in [0.4, 0.5) is 18.9 Å². The largest absolute Gasteiger partial charge is 0.392 e.